The molecule has 4 rings (SSSR count). The molecule has 2 N–H and O–H groups in total. The van der Waals surface area contributed by atoms with Gasteiger partial charge in [-0.3, -0.25) is 9.78 Å². The molecule has 1 amide bonds. The molecule has 2 saturated heterocycles. The maximum absolute atomic E-state index is 13.8. The van der Waals surface area contributed by atoms with Crippen molar-refractivity contribution in [2.75, 3.05) is 24.5 Å². The van der Waals surface area contributed by atoms with E-state index in [1.807, 2.05) is 13.0 Å². The van der Waals surface area contributed by atoms with Crippen molar-refractivity contribution < 1.29 is 14.3 Å². The summed E-state index contributed by atoms with van der Waals surface area (Å²) in [6.45, 7) is 3.64. The van der Waals surface area contributed by atoms with Crippen molar-refractivity contribution in [3.05, 3.63) is 35.8 Å². The Morgan fingerprint density at radius 1 is 1.40 bits per heavy atom. The number of halogens is 1. The van der Waals surface area contributed by atoms with E-state index in [1.165, 1.54) is 12.1 Å². The molecular weight excluding hydrogens is 321 g/mol. The molecule has 0 saturated carbocycles. The largest absolute Gasteiger partial charge is 0.392 e. The number of aryl methyl sites for hydroxylation is 1. The van der Waals surface area contributed by atoms with E-state index in [4.69, 9.17) is 0 Å². The number of hydrogen-bond acceptors (Lipinski definition) is 4. The first-order valence-corrected chi connectivity index (χ1v) is 8.78. The molecule has 2 aromatic rings. The maximum Gasteiger partial charge on any atom is 0.230 e. The van der Waals surface area contributed by atoms with E-state index in [9.17, 15) is 14.3 Å². The number of aromatic nitrogens is 1. The number of aliphatic hydroxyl groups is 1. The second-order valence-electron chi connectivity index (χ2n) is 7.19. The van der Waals surface area contributed by atoms with Crippen molar-refractivity contribution in [1.29, 1.82) is 0 Å². The molecule has 0 radical (unpaired) electrons. The molecular formula is C19H22FN3O2. The topological polar surface area (TPSA) is 65.5 Å². The molecule has 0 unspecified atom stereocenters. The predicted molar refractivity (Wildman–Crippen MR) is 94.0 cm³/mol. The van der Waals surface area contributed by atoms with Crippen LogP contribution in [0.15, 0.2) is 24.3 Å². The van der Waals surface area contributed by atoms with Gasteiger partial charge in [-0.15, -0.1) is 0 Å². The third-order valence-electron chi connectivity index (χ3n) is 5.54. The average Bonchev–Trinajstić information content (AvgIpc) is 2.59. The molecule has 2 aliphatic heterocycles. The number of anilines is 1. The number of nitrogens with one attached hydrogen (secondary N) is 1. The lowest BCUT2D eigenvalue weighted by atomic mass is 9.71. The fourth-order valence-corrected chi connectivity index (χ4v) is 4.22. The van der Waals surface area contributed by atoms with Crippen LogP contribution in [0.4, 0.5) is 10.1 Å². The first-order valence-electron chi connectivity index (χ1n) is 8.78. The number of benzene rings is 1. The van der Waals surface area contributed by atoms with E-state index in [2.05, 4.69) is 15.2 Å². The molecule has 2 fully saturated rings. The Kier molecular flexibility index (Phi) is 3.87. The van der Waals surface area contributed by atoms with Crippen LogP contribution in [0, 0.1) is 18.2 Å². The van der Waals surface area contributed by atoms with Gasteiger partial charge in [-0.1, -0.05) is 0 Å². The highest BCUT2D eigenvalue weighted by atomic mass is 19.1. The molecule has 0 bridgehead atoms. The van der Waals surface area contributed by atoms with Crippen LogP contribution in [-0.2, 0) is 4.79 Å². The zero-order valence-electron chi connectivity index (χ0n) is 14.3. The van der Waals surface area contributed by atoms with E-state index in [0.717, 1.165) is 28.7 Å². The Balaban J connectivity index is 1.78. The van der Waals surface area contributed by atoms with Crippen LogP contribution < -0.4 is 10.2 Å². The number of carbonyl (C=O) groups excluding carboxylic acids is 1. The fourth-order valence-electron chi connectivity index (χ4n) is 4.22. The minimum atomic E-state index is -0.784. The monoisotopic (exact) mass is 343 g/mol. The molecule has 1 spiro atoms. The van der Waals surface area contributed by atoms with Crippen LogP contribution in [-0.4, -0.2) is 41.7 Å². The second kappa shape index (κ2) is 5.95. The van der Waals surface area contributed by atoms with Crippen LogP contribution in [0.3, 0.4) is 0 Å². The summed E-state index contributed by atoms with van der Waals surface area (Å²) in [6, 6.07) is 6.53. The van der Waals surface area contributed by atoms with Crippen LogP contribution in [0.2, 0.25) is 0 Å². The second-order valence-corrected chi connectivity index (χ2v) is 7.19. The Bertz CT molecular complexity index is 841. The van der Waals surface area contributed by atoms with Gasteiger partial charge in [0, 0.05) is 36.4 Å². The van der Waals surface area contributed by atoms with Crippen molar-refractivity contribution in [3.8, 4) is 0 Å². The molecule has 1 aromatic heterocycles. The first-order chi connectivity index (χ1) is 12.0. The predicted octanol–water partition coefficient (Wildman–Crippen LogP) is 2.15. The number of aliphatic hydroxyl groups excluding tert-OH is 1. The molecule has 6 heteroatoms. The number of fused-ring (bicyclic) bond motifs is 1. The quantitative estimate of drug-likeness (QED) is 0.833. The van der Waals surface area contributed by atoms with Crippen molar-refractivity contribution in [1.82, 2.24) is 10.3 Å². The van der Waals surface area contributed by atoms with Crippen LogP contribution in [0.25, 0.3) is 10.9 Å². The van der Waals surface area contributed by atoms with Crippen molar-refractivity contribution in [3.63, 3.8) is 0 Å². The molecule has 132 valence electrons. The number of piperidine rings is 2. The van der Waals surface area contributed by atoms with Crippen molar-refractivity contribution >= 4 is 22.5 Å². The summed E-state index contributed by atoms with van der Waals surface area (Å²) in [7, 11) is 0. The molecule has 25 heavy (non-hydrogen) atoms. The summed E-state index contributed by atoms with van der Waals surface area (Å²) in [5.74, 6) is -0.376. The Morgan fingerprint density at radius 3 is 3.04 bits per heavy atom. The highest BCUT2D eigenvalue weighted by Gasteiger charge is 2.50. The SMILES string of the molecule is Cc1cc(N2CC[C@H](O)[C@@]3(CCCNC3=O)C2)c2cc(F)ccc2n1. The fraction of sp³-hybridized carbons (Fsp3) is 0.474. The van der Waals surface area contributed by atoms with E-state index in [1.54, 1.807) is 6.07 Å². The summed E-state index contributed by atoms with van der Waals surface area (Å²) in [5, 5.41) is 14.2. The lowest BCUT2D eigenvalue weighted by Crippen LogP contribution is -2.61. The van der Waals surface area contributed by atoms with Gasteiger partial charge in [0.1, 0.15) is 5.82 Å². The lowest BCUT2D eigenvalue weighted by molar-refractivity contribution is -0.142. The number of nitrogens with zero attached hydrogens (tertiary/aromatic N) is 2. The van der Waals surface area contributed by atoms with Gasteiger partial charge in [0.25, 0.3) is 0 Å². The van der Waals surface area contributed by atoms with Crippen LogP contribution >= 0.6 is 0 Å². The van der Waals surface area contributed by atoms with Gasteiger partial charge in [0.2, 0.25) is 5.91 Å². The Labute approximate surface area is 145 Å². The van der Waals surface area contributed by atoms with Crippen LogP contribution in [0.5, 0.6) is 0 Å². The van der Waals surface area contributed by atoms with E-state index >= 15 is 0 Å². The van der Waals surface area contributed by atoms with E-state index in [-0.39, 0.29) is 11.7 Å². The smallest absolute Gasteiger partial charge is 0.230 e. The number of rotatable bonds is 1. The molecule has 2 atom stereocenters. The van der Waals surface area contributed by atoms with Gasteiger partial charge in [-0.05, 0) is 50.5 Å². The third-order valence-corrected chi connectivity index (χ3v) is 5.54. The van der Waals surface area contributed by atoms with Gasteiger partial charge < -0.3 is 15.3 Å². The van der Waals surface area contributed by atoms with Gasteiger partial charge >= 0.3 is 0 Å². The van der Waals surface area contributed by atoms with E-state index in [0.29, 0.717) is 32.5 Å². The maximum atomic E-state index is 13.8. The van der Waals surface area contributed by atoms with Crippen molar-refractivity contribution in [2.45, 2.75) is 32.3 Å². The average molecular weight is 343 g/mol. The van der Waals surface area contributed by atoms with Crippen LogP contribution in [0.1, 0.15) is 25.0 Å². The zero-order chi connectivity index (χ0) is 17.6. The summed E-state index contributed by atoms with van der Waals surface area (Å²) in [5.41, 5.74) is 1.69. The van der Waals surface area contributed by atoms with E-state index < -0.39 is 11.5 Å². The Morgan fingerprint density at radius 2 is 2.24 bits per heavy atom. The number of pyridine rings is 1. The zero-order valence-corrected chi connectivity index (χ0v) is 14.3. The third kappa shape index (κ3) is 2.65. The summed E-state index contributed by atoms with van der Waals surface area (Å²) < 4.78 is 13.8. The highest BCUT2D eigenvalue weighted by Crippen LogP contribution is 2.40. The standard InChI is InChI=1S/C19H22FN3O2/c1-12-9-16(14-10-13(20)3-4-15(14)22-12)23-8-5-17(24)19(11-23)6-2-7-21-18(19)25/h3-4,9-10,17,24H,2,5-8,11H2,1H3,(H,21,25)/t17-,19+/m0/s1. The molecule has 0 aliphatic carbocycles. The first kappa shape index (κ1) is 16.3. The Hall–Kier alpha value is -2.21. The molecule has 2 aliphatic rings. The minimum absolute atomic E-state index is 0.0720. The van der Waals surface area contributed by atoms with Crippen molar-refractivity contribution in [2.24, 2.45) is 5.41 Å². The highest BCUT2D eigenvalue weighted by molar-refractivity contribution is 5.93. The summed E-state index contributed by atoms with van der Waals surface area (Å²) in [4.78, 5) is 19.2. The summed E-state index contributed by atoms with van der Waals surface area (Å²) in [6.07, 6.45) is 1.41. The van der Waals surface area contributed by atoms with Gasteiger partial charge in [-0.2, -0.15) is 0 Å². The molecule has 5 nitrogen and oxygen atoms in total. The lowest BCUT2D eigenvalue weighted by Gasteiger charge is -2.47. The number of amides is 1. The number of carbonyl (C=O) groups is 1. The number of hydrogen-bond donors (Lipinski definition) is 2. The molecule has 3 heterocycles. The van der Waals surface area contributed by atoms with Gasteiger partial charge in [0.15, 0.2) is 0 Å². The van der Waals surface area contributed by atoms with Gasteiger partial charge in [-0.25, -0.2) is 4.39 Å². The van der Waals surface area contributed by atoms with Gasteiger partial charge in [0.05, 0.1) is 17.0 Å². The normalized spacial score (nSPS) is 26.9. The molecule has 1 aromatic carbocycles. The summed E-state index contributed by atoms with van der Waals surface area (Å²) >= 11 is 0. The minimum Gasteiger partial charge on any atom is -0.392 e.